The molecule has 36 heavy (non-hydrogen) atoms. The molecule has 0 saturated carbocycles. The largest absolute Gasteiger partial charge is 0.373 e. The number of aromatic nitrogens is 4. The smallest absolute Gasteiger partial charge is 0.263 e. The predicted octanol–water partition coefficient (Wildman–Crippen LogP) is 4.54. The molecule has 3 aromatic heterocycles. The maximum absolute atomic E-state index is 14.9. The number of halogens is 3. The van der Waals surface area contributed by atoms with E-state index in [9.17, 15) is 18.0 Å². The van der Waals surface area contributed by atoms with Gasteiger partial charge in [0.15, 0.2) is 5.65 Å². The Bertz CT molecular complexity index is 1550. The number of benzene rings is 1. The van der Waals surface area contributed by atoms with E-state index in [1.807, 2.05) is 19.1 Å². The SMILES string of the molecule is Cc1cc(C2CC(c3cn4c(=O)c5c(nc4c(-c4c(F)cc(F)cc4F)n3)COC5)CCO2)ccn1. The van der Waals surface area contributed by atoms with Crippen LogP contribution in [0.4, 0.5) is 13.2 Å². The monoisotopic (exact) mass is 494 g/mol. The van der Waals surface area contributed by atoms with Crippen LogP contribution in [0.25, 0.3) is 16.9 Å². The summed E-state index contributed by atoms with van der Waals surface area (Å²) in [5.41, 5.74) is 2.03. The highest BCUT2D eigenvalue weighted by molar-refractivity contribution is 5.75. The van der Waals surface area contributed by atoms with Gasteiger partial charge in [0, 0.05) is 42.7 Å². The lowest BCUT2D eigenvalue weighted by Crippen LogP contribution is -2.24. The number of fused-ring (bicyclic) bond motifs is 2. The highest BCUT2D eigenvalue weighted by Crippen LogP contribution is 2.38. The van der Waals surface area contributed by atoms with Gasteiger partial charge in [-0.3, -0.25) is 14.2 Å². The first-order valence-electron chi connectivity index (χ1n) is 11.6. The van der Waals surface area contributed by atoms with Gasteiger partial charge in [-0.2, -0.15) is 0 Å². The van der Waals surface area contributed by atoms with Crippen molar-refractivity contribution >= 4 is 5.65 Å². The van der Waals surface area contributed by atoms with E-state index < -0.39 is 23.0 Å². The summed E-state index contributed by atoms with van der Waals surface area (Å²) in [6.45, 7) is 2.56. The molecule has 1 saturated heterocycles. The molecule has 0 aliphatic carbocycles. The minimum Gasteiger partial charge on any atom is -0.373 e. The van der Waals surface area contributed by atoms with Crippen molar-refractivity contribution in [2.45, 2.75) is 45.0 Å². The predicted molar refractivity (Wildman–Crippen MR) is 123 cm³/mol. The maximum Gasteiger partial charge on any atom is 0.263 e. The molecule has 10 heteroatoms. The van der Waals surface area contributed by atoms with Gasteiger partial charge in [-0.15, -0.1) is 0 Å². The van der Waals surface area contributed by atoms with Crippen LogP contribution >= 0.6 is 0 Å². The molecule has 4 aromatic rings. The first kappa shape index (κ1) is 22.8. The van der Waals surface area contributed by atoms with Crippen molar-refractivity contribution in [3.8, 4) is 11.3 Å². The average molecular weight is 494 g/mol. The molecule has 0 bridgehead atoms. The van der Waals surface area contributed by atoms with E-state index in [1.165, 1.54) is 4.40 Å². The molecule has 0 spiro atoms. The van der Waals surface area contributed by atoms with Crippen molar-refractivity contribution in [2.24, 2.45) is 0 Å². The average Bonchev–Trinajstić information content (AvgIpc) is 3.33. The minimum atomic E-state index is -1.12. The van der Waals surface area contributed by atoms with Gasteiger partial charge in [0.2, 0.25) is 0 Å². The summed E-state index contributed by atoms with van der Waals surface area (Å²) in [5, 5.41) is 0. The van der Waals surface area contributed by atoms with E-state index in [1.54, 1.807) is 12.4 Å². The molecule has 0 radical (unpaired) electrons. The summed E-state index contributed by atoms with van der Waals surface area (Å²) in [5.74, 6) is -3.46. The minimum absolute atomic E-state index is 0.00854. The highest BCUT2D eigenvalue weighted by atomic mass is 19.1. The van der Waals surface area contributed by atoms with E-state index in [0.29, 0.717) is 48.5 Å². The Kier molecular flexibility index (Phi) is 5.57. The van der Waals surface area contributed by atoms with Crippen molar-refractivity contribution in [3.63, 3.8) is 0 Å². The van der Waals surface area contributed by atoms with E-state index in [0.717, 1.165) is 11.3 Å². The standard InChI is InChI=1S/C26H21F3N4O3/c1-13-6-15(2-4-30-13)22-7-14(3-5-36-22)20-10-33-25(32-21-12-35-11-17(21)26(33)34)24(31-20)23-18(28)8-16(27)9-19(23)29/h2,4,6,8-10,14,22H,3,5,7,11-12H2,1H3. The zero-order chi connectivity index (χ0) is 25.0. The molecule has 2 unspecified atom stereocenters. The van der Waals surface area contributed by atoms with Gasteiger partial charge in [-0.25, -0.2) is 23.1 Å². The van der Waals surface area contributed by atoms with Gasteiger partial charge in [0.25, 0.3) is 5.56 Å². The Morgan fingerprint density at radius 1 is 1.08 bits per heavy atom. The van der Waals surface area contributed by atoms with Crippen LogP contribution in [-0.2, 0) is 22.7 Å². The molecule has 2 atom stereocenters. The first-order chi connectivity index (χ1) is 17.4. The number of rotatable bonds is 3. The number of pyridine rings is 1. The van der Waals surface area contributed by atoms with Gasteiger partial charge in [0.05, 0.1) is 41.8 Å². The Balaban J connectivity index is 1.53. The number of nitrogens with zero attached hydrogens (tertiary/aromatic N) is 4. The van der Waals surface area contributed by atoms with Crippen molar-refractivity contribution < 1.29 is 22.6 Å². The molecule has 1 aromatic carbocycles. The van der Waals surface area contributed by atoms with Crippen molar-refractivity contribution in [3.05, 3.63) is 92.7 Å². The van der Waals surface area contributed by atoms with Crippen LogP contribution in [0.1, 0.15) is 53.1 Å². The lowest BCUT2D eigenvalue weighted by Gasteiger charge is -2.30. The summed E-state index contributed by atoms with van der Waals surface area (Å²) in [4.78, 5) is 26.7. The van der Waals surface area contributed by atoms with Gasteiger partial charge in [-0.05, 0) is 37.5 Å². The Morgan fingerprint density at radius 3 is 2.67 bits per heavy atom. The quantitative estimate of drug-likeness (QED) is 0.416. The van der Waals surface area contributed by atoms with E-state index in [-0.39, 0.29) is 42.1 Å². The van der Waals surface area contributed by atoms with Crippen molar-refractivity contribution in [2.75, 3.05) is 6.61 Å². The molecule has 1 fully saturated rings. The van der Waals surface area contributed by atoms with Crippen LogP contribution in [0.5, 0.6) is 0 Å². The Labute approximate surface area is 203 Å². The second-order valence-corrected chi connectivity index (χ2v) is 9.10. The van der Waals surface area contributed by atoms with Crippen LogP contribution in [0.2, 0.25) is 0 Å². The van der Waals surface area contributed by atoms with Gasteiger partial charge in [0.1, 0.15) is 23.1 Å². The summed E-state index contributed by atoms with van der Waals surface area (Å²) in [7, 11) is 0. The lowest BCUT2D eigenvalue weighted by atomic mass is 9.89. The van der Waals surface area contributed by atoms with Crippen LogP contribution in [-0.4, -0.2) is 26.0 Å². The van der Waals surface area contributed by atoms with Gasteiger partial charge < -0.3 is 9.47 Å². The van der Waals surface area contributed by atoms with Crippen LogP contribution in [0, 0.1) is 24.4 Å². The van der Waals surface area contributed by atoms with Crippen molar-refractivity contribution in [1.29, 1.82) is 0 Å². The van der Waals surface area contributed by atoms with Gasteiger partial charge in [-0.1, -0.05) is 0 Å². The first-order valence-corrected chi connectivity index (χ1v) is 11.6. The van der Waals surface area contributed by atoms with Crippen LogP contribution < -0.4 is 5.56 Å². The van der Waals surface area contributed by atoms with Crippen molar-refractivity contribution in [1.82, 2.24) is 19.4 Å². The topological polar surface area (TPSA) is 78.6 Å². The van der Waals surface area contributed by atoms with Crippen LogP contribution in [0.3, 0.4) is 0 Å². The number of hydrogen-bond acceptors (Lipinski definition) is 6. The van der Waals surface area contributed by atoms with E-state index >= 15 is 0 Å². The third-order valence-electron chi connectivity index (χ3n) is 6.73. The fraction of sp³-hybridized carbons (Fsp3) is 0.308. The second kappa shape index (κ2) is 8.79. The second-order valence-electron chi connectivity index (χ2n) is 9.10. The molecule has 7 nitrogen and oxygen atoms in total. The highest BCUT2D eigenvalue weighted by Gasteiger charge is 2.30. The normalized spacial score (nSPS) is 19.6. The Hall–Kier alpha value is -3.63. The molecule has 0 N–H and O–H groups in total. The lowest BCUT2D eigenvalue weighted by molar-refractivity contribution is 0.00451. The van der Waals surface area contributed by atoms with E-state index in [4.69, 9.17) is 9.47 Å². The molecule has 0 amide bonds. The van der Waals surface area contributed by atoms with E-state index in [2.05, 4.69) is 15.0 Å². The molecule has 2 aliphatic heterocycles. The zero-order valence-corrected chi connectivity index (χ0v) is 19.3. The molecular formula is C26H21F3N4O3. The molecule has 184 valence electrons. The summed E-state index contributed by atoms with van der Waals surface area (Å²) < 4.78 is 56.1. The number of aryl methyl sites for hydroxylation is 1. The zero-order valence-electron chi connectivity index (χ0n) is 19.3. The van der Waals surface area contributed by atoms with Crippen LogP contribution in [0.15, 0.2) is 41.5 Å². The summed E-state index contributed by atoms with van der Waals surface area (Å²) in [6, 6.07) is 5.02. The third kappa shape index (κ3) is 3.86. The molecule has 6 rings (SSSR count). The summed E-state index contributed by atoms with van der Waals surface area (Å²) in [6.07, 6.45) is 4.22. The summed E-state index contributed by atoms with van der Waals surface area (Å²) >= 11 is 0. The molecule has 2 aliphatic rings. The molecular weight excluding hydrogens is 473 g/mol. The fourth-order valence-corrected chi connectivity index (χ4v) is 4.95. The number of hydrogen-bond donors (Lipinski definition) is 0. The maximum atomic E-state index is 14.9. The Morgan fingerprint density at radius 2 is 1.89 bits per heavy atom. The van der Waals surface area contributed by atoms with Gasteiger partial charge >= 0.3 is 0 Å². The number of ether oxygens (including phenoxy) is 2. The fourth-order valence-electron chi connectivity index (χ4n) is 4.95. The molecule has 5 heterocycles. The third-order valence-corrected chi connectivity index (χ3v) is 6.73.